The van der Waals surface area contributed by atoms with E-state index in [1.165, 1.54) is 16.7 Å². The zero-order chi connectivity index (χ0) is 19.1. The van der Waals surface area contributed by atoms with Crippen LogP contribution in [0.3, 0.4) is 0 Å². The molecule has 1 unspecified atom stereocenters. The van der Waals surface area contributed by atoms with Crippen LogP contribution < -0.4 is 24.8 Å². The van der Waals surface area contributed by atoms with Crippen molar-refractivity contribution in [1.29, 1.82) is 0 Å². The molecule has 28 heavy (non-hydrogen) atoms. The Balaban J connectivity index is 0. The van der Waals surface area contributed by atoms with Crippen LogP contribution in [-0.2, 0) is 26.1 Å². The molecule has 0 spiro atoms. The zero-order valence-electron chi connectivity index (χ0n) is 19.1. The molecule has 0 aromatic carbocycles. The predicted octanol–water partition coefficient (Wildman–Crippen LogP) is 1.01. The molecule has 0 saturated carbocycles. The van der Waals surface area contributed by atoms with Gasteiger partial charge in [-0.25, -0.2) is 11.6 Å². The summed E-state index contributed by atoms with van der Waals surface area (Å²) in [7, 11) is -1.71. The first-order valence-electron chi connectivity index (χ1n) is 9.63. The van der Waals surface area contributed by atoms with E-state index in [2.05, 4.69) is 91.6 Å². The Labute approximate surface area is 202 Å². The van der Waals surface area contributed by atoms with Gasteiger partial charge in [0.1, 0.15) is 0 Å². The van der Waals surface area contributed by atoms with Crippen LogP contribution in [0.15, 0.2) is 41.0 Å². The first kappa shape index (κ1) is 30.6. The summed E-state index contributed by atoms with van der Waals surface area (Å²) in [6.45, 7) is 20.8. The molecule has 2 rings (SSSR count). The van der Waals surface area contributed by atoms with Crippen LogP contribution in [0.4, 0.5) is 0 Å². The number of hydrogen-bond donors (Lipinski definition) is 0. The van der Waals surface area contributed by atoms with E-state index < -0.39 is 8.32 Å². The van der Waals surface area contributed by atoms with Crippen molar-refractivity contribution in [2.45, 2.75) is 86.0 Å². The van der Waals surface area contributed by atoms with Crippen LogP contribution in [0.1, 0.15) is 60.8 Å². The number of halogens is 2. The zero-order valence-corrected chi connectivity index (χ0v) is 23.2. The Morgan fingerprint density at radius 2 is 1.61 bits per heavy atom. The van der Waals surface area contributed by atoms with E-state index >= 15 is 0 Å². The van der Waals surface area contributed by atoms with Crippen molar-refractivity contribution in [2.75, 3.05) is 0 Å². The molecule has 0 aliphatic heterocycles. The average Bonchev–Trinajstić information content (AvgIpc) is 2.86. The van der Waals surface area contributed by atoms with E-state index in [0.29, 0.717) is 0 Å². The quantitative estimate of drug-likeness (QED) is 0.435. The summed E-state index contributed by atoms with van der Waals surface area (Å²) in [4.78, 5) is 0. The third-order valence-corrected chi connectivity index (χ3v) is 5.86. The molecule has 0 amide bonds. The third kappa shape index (κ3) is 7.93. The van der Waals surface area contributed by atoms with E-state index in [0.717, 1.165) is 19.3 Å². The van der Waals surface area contributed by atoms with Gasteiger partial charge in [-0.1, -0.05) is 53.7 Å². The van der Waals surface area contributed by atoms with E-state index in [1.807, 2.05) is 0 Å². The molecule has 2 aliphatic rings. The van der Waals surface area contributed by atoms with Gasteiger partial charge in [0, 0.05) is 0 Å². The van der Waals surface area contributed by atoms with Crippen molar-refractivity contribution in [3.63, 3.8) is 0 Å². The summed E-state index contributed by atoms with van der Waals surface area (Å²) in [5.41, 5.74) is 4.21. The van der Waals surface area contributed by atoms with Gasteiger partial charge in [0.25, 0.3) is 0 Å². The van der Waals surface area contributed by atoms with Crippen LogP contribution in [0.5, 0.6) is 0 Å². The fourth-order valence-electron chi connectivity index (χ4n) is 3.92. The molecule has 157 valence electrons. The maximum absolute atomic E-state index is 6.96. The third-order valence-electron chi connectivity index (χ3n) is 4.86. The second-order valence-electron chi connectivity index (χ2n) is 10.6. The van der Waals surface area contributed by atoms with Crippen molar-refractivity contribution in [1.82, 2.24) is 0 Å². The standard InChI is InChI=1S/C23H37OSi.2ClH.Ti/c1-21(2,3)19-14-15-23(24-25(7,8)9,17-18-12-10-11-13-18)20(16-19)22(4,5)6;;;/h10,12,14,16H,11,15,17H2,1-9H3;2*1H;/q-1;;;+3/p-2. The molecule has 0 heterocycles. The molecule has 2 aliphatic carbocycles. The first-order chi connectivity index (χ1) is 11.2. The van der Waals surface area contributed by atoms with Gasteiger partial charge in [-0.3, -0.25) is 6.08 Å². The second-order valence-corrected chi connectivity index (χ2v) is 15.0. The summed E-state index contributed by atoms with van der Waals surface area (Å²) < 4.78 is 6.96. The Hall–Kier alpha value is 0.431. The minimum Gasteiger partial charge on any atom is -1.00 e. The minimum absolute atomic E-state index is 0. The van der Waals surface area contributed by atoms with Crippen LogP contribution in [-0.4, -0.2) is 13.9 Å². The summed E-state index contributed by atoms with van der Waals surface area (Å²) in [5.74, 6) is 0. The molecule has 0 saturated heterocycles. The van der Waals surface area contributed by atoms with Crippen molar-refractivity contribution in [3.05, 3.63) is 47.1 Å². The molecule has 1 atom stereocenters. The van der Waals surface area contributed by atoms with Gasteiger partial charge in [-0.15, -0.1) is 6.42 Å². The van der Waals surface area contributed by atoms with Crippen molar-refractivity contribution < 1.29 is 51.0 Å². The van der Waals surface area contributed by atoms with E-state index in [-0.39, 0.29) is 63.0 Å². The van der Waals surface area contributed by atoms with E-state index in [9.17, 15) is 0 Å². The summed E-state index contributed by atoms with van der Waals surface area (Å²) in [5, 5.41) is 0. The van der Waals surface area contributed by atoms with Crippen molar-refractivity contribution in [2.24, 2.45) is 10.8 Å². The van der Waals surface area contributed by atoms with Gasteiger partial charge >= 0.3 is 21.7 Å². The Morgan fingerprint density at radius 1 is 1.04 bits per heavy atom. The largest absolute Gasteiger partial charge is 3.00 e. The number of rotatable bonds is 4. The van der Waals surface area contributed by atoms with Crippen LogP contribution in [0.2, 0.25) is 19.6 Å². The first-order valence-corrected chi connectivity index (χ1v) is 13.0. The minimum atomic E-state index is -1.71. The van der Waals surface area contributed by atoms with E-state index in [1.54, 1.807) is 0 Å². The van der Waals surface area contributed by atoms with Crippen molar-refractivity contribution in [3.8, 4) is 0 Å². The fraction of sp³-hybridized carbons (Fsp3) is 0.652. The topological polar surface area (TPSA) is 9.23 Å². The smallest absolute Gasteiger partial charge is 1.00 e. The molecule has 0 fully saturated rings. The number of hydrogen-bond acceptors (Lipinski definition) is 1. The number of allylic oxidation sites excluding steroid dienone is 5. The Morgan fingerprint density at radius 3 is 2.00 bits per heavy atom. The van der Waals surface area contributed by atoms with E-state index in [4.69, 9.17) is 4.43 Å². The molecule has 0 N–H and O–H groups in total. The van der Waals surface area contributed by atoms with Gasteiger partial charge < -0.3 is 29.2 Å². The van der Waals surface area contributed by atoms with Gasteiger partial charge in [0.2, 0.25) is 0 Å². The maximum Gasteiger partial charge on any atom is 3.00 e. The average molecular weight is 476 g/mol. The van der Waals surface area contributed by atoms with Crippen LogP contribution in [0, 0.1) is 16.9 Å². The van der Waals surface area contributed by atoms with Gasteiger partial charge in [-0.2, -0.15) is 6.08 Å². The Kier molecular flexibility index (Phi) is 11.6. The molecular weight excluding hydrogens is 439 g/mol. The van der Waals surface area contributed by atoms with Crippen LogP contribution >= 0.6 is 0 Å². The van der Waals surface area contributed by atoms with Gasteiger partial charge in [-0.05, 0) is 54.5 Å². The monoisotopic (exact) mass is 475 g/mol. The second kappa shape index (κ2) is 10.6. The fourth-order valence-corrected chi connectivity index (χ4v) is 5.36. The maximum atomic E-state index is 6.96. The van der Waals surface area contributed by atoms with Gasteiger partial charge in [0.15, 0.2) is 8.32 Å². The summed E-state index contributed by atoms with van der Waals surface area (Å²) in [6.07, 6.45) is 15.7. The molecule has 0 aromatic heterocycles. The molecule has 1 radical (unpaired) electrons. The molecule has 0 bridgehead atoms. The Bertz CT molecular complexity index is 643. The summed E-state index contributed by atoms with van der Waals surface area (Å²) >= 11 is 0. The van der Waals surface area contributed by atoms with Crippen LogP contribution in [0.25, 0.3) is 0 Å². The normalized spacial score (nSPS) is 22.2. The summed E-state index contributed by atoms with van der Waals surface area (Å²) in [6, 6.07) is 0. The van der Waals surface area contributed by atoms with Gasteiger partial charge in [0.05, 0.1) is 5.60 Å². The SMILES string of the molecule is CC(C)(C)C1=CCC(CC2=[C-]CC=C2)(O[Si](C)(C)C)C(C(C)(C)C)=C1.[Cl-].[Cl-].[Ti+3]. The molecule has 1 nitrogen and oxygen atoms in total. The molecular formula is C23H37Cl2OSiTi. The predicted molar refractivity (Wildman–Crippen MR) is 112 cm³/mol. The molecule has 5 heteroatoms. The van der Waals surface area contributed by atoms with Crippen molar-refractivity contribution >= 4 is 8.32 Å². The molecule has 0 aromatic rings.